The summed E-state index contributed by atoms with van der Waals surface area (Å²) in [5.74, 6) is 0.640. The van der Waals surface area contributed by atoms with E-state index in [-0.39, 0.29) is 23.5 Å². The molecular formula is C24H32O4. The van der Waals surface area contributed by atoms with Crippen molar-refractivity contribution in [1.82, 2.24) is 0 Å². The van der Waals surface area contributed by atoms with Gasteiger partial charge in [0.25, 0.3) is 0 Å². The summed E-state index contributed by atoms with van der Waals surface area (Å²) in [6.07, 6.45) is 3.58. The molecule has 3 atom stereocenters. The van der Waals surface area contributed by atoms with Gasteiger partial charge in [-0.05, 0) is 56.6 Å². The Kier molecular flexibility index (Phi) is 6.53. The van der Waals surface area contributed by atoms with Gasteiger partial charge in [-0.2, -0.15) is 0 Å². The number of hydrogen-bond donors (Lipinski definition) is 0. The molecule has 0 aromatic heterocycles. The Bertz CT molecular complexity index is 762. The van der Waals surface area contributed by atoms with Crippen LogP contribution in [0, 0.1) is 16.7 Å². The average molecular weight is 385 g/mol. The van der Waals surface area contributed by atoms with Crippen molar-refractivity contribution in [2.75, 3.05) is 0 Å². The van der Waals surface area contributed by atoms with Crippen LogP contribution in [-0.4, -0.2) is 18.0 Å². The first-order chi connectivity index (χ1) is 13.0. The standard InChI is InChI=1S/C14H22O2.C10H10O2/c1-9(2)12(15)16-11-8-10-6-7-14(11,5)13(10,3)4;1-8(2)10(11)12-9-6-4-3-5-7-9/h10-11H,1,6-8H2,2-5H3;3-7H,1H2,2H3/t10-,11?,14-;/m1./s1. The van der Waals surface area contributed by atoms with E-state index in [1.807, 2.05) is 6.07 Å². The molecule has 0 spiro atoms. The molecule has 2 saturated carbocycles. The van der Waals surface area contributed by atoms with E-state index in [2.05, 4.69) is 33.9 Å². The zero-order valence-corrected chi connectivity index (χ0v) is 17.7. The van der Waals surface area contributed by atoms with E-state index in [1.165, 1.54) is 12.8 Å². The Balaban J connectivity index is 0.000000209. The summed E-state index contributed by atoms with van der Waals surface area (Å²) in [6, 6.07) is 8.92. The molecule has 0 radical (unpaired) electrons. The Hall–Kier alpha value is -2.36. The largest absolute Gasteiger partial charge is 0.458 e. The highest BCUT2D eigenvalue weighted by Gasteiger charge is 2.62. The number of carbonyl (C=O) groups excluding carboxylic acids is 2. The molecule has 0 amide bonds. The maximum absolute atomic E-state index is 11.6. The summed E-state index contributed by atoms with van der Waals surface area (Å²) in [7, 11) is 0. The van der Waals surface area contributed by atoms with Gasteiger partial charge in [-0.1, -0.05) is 52.1 Å². The van der Waals surface area contributed by atoms with Gasteiger partial charge in [0.1, 0.15) is 11.9 Å². The molecule has 2 aliphatic rings. The number of ether oxygens (including phenoxy) is 2. The van der Waals surface area contributed by atoms with Crippen LogP contribution in [0.1, 0.15) is 53.9 Å². The maximum Gasteiger partial charge on any atom is 0.338 e. The van der Waals surface area contributed by atoms with Crippen molar-refractivity contribution in [3.63, 3.8) is 0 Å². The van der Waals surface area contributed by atoms with Crippen LogP contribution >= 0.6 is 0 Å². The Labute approximate surface area is 168 Å². The minimum absolute atomic E-state index is 0.0884. The number of para-hydroxylation sites is 1. The predicted octanol–water partition coefficient (Wildman–Crippen LogP) is 5.49. The molecule has 1 aromatic rings. The van der Waals surface area contributed by atoms with Crippen LogP contribution in [0.3, 0.4) is 0 Å². The molecule has 4 nitrogen and oxygen atoms in total. The predicted molar refractivity (Wildman–Crippen MR) is 111 cm³/mol. The minimum Gasteiger partial charge on any atom is -0.458 e. The fourth-order valence-electron chi connectivity index (χ4n) is 4.22. The van der Waals surface area contributed by atoms with Crippen LogP contribution in [0.25, 0.3) is 0 Å². The molecule has 152 valence electrons. The van der Waals surface area contributed by atoms with Gasteiger partial charge in [0, 0.05) is 16.6 Å². The van der Waals surface area contributed by atoms with E-state index in [1.54, 1.807) is 38.1 Å². The summed E-state index contributed by atoms with van der Waals surface area (Å²) in [6.45, 7) is 17.4. The van der Waals surface area contributed by atoms with Crippen molar-refractivity contribution in [3.05, 3.63) is 54.6 Å². The Morgan fingerprint density at radius 2 is 1.57 bits per heavy atom. The zero-order chi connectivity index (χ0) is 21.1. The zero-order valence-electron chi connectivity index (χ0n) is 17.7. The lowest BCUT2D eigenvalue weighted by Crippen LogP contribution is -2.38. The van der Waals surface area contributed by atoms with Crippen LogP contribution in [0.5, 0.6) is 5.75 Å². The lowest BCUT2D eigenvalue weighted by molar-refractivity contribution is -0.151. The lowest BCUT2D eigenvalue weighted by Gasteiger charge is -2.38. The Morgan fingerprint density at radius 3 is 2.00 bits per heavy atom. The van der Waals surface area contributed by atoms with Crippen molar-refractivity contribution in [1.29, 1.82) is 0 Å². The van der Waals surface area contributed by atoms with Gasteiger partial charge in [-0.15, -0.1) is 0 Å². The van der Waals surface area contributed by atoms with Crippen LogP contribution in [-0.2, 0) is 14.3 Å². The smallest absolute Gasteiger partial charge is 0.338 e. The van der Waals surface area contributed by atoms with E-state index in [9.17, 15) is 9.59 Å². The molecule has 4 heteroatoms. The molecule has 2 aliphatic carbocycles. The first-order valence-corrected chi connectivity index (χ1v) is 9.78. The van der Waals surface area contributed by atoms with E-state index in [0.717, 1.165) is 6.42 Å². The maximum atomic E-state index is 11.6. The topological polar surface area (TPSA) is 52.6 Å². The SMILES string of the molecule is C=C(C)C(=O)OC1C[C@H]2CC[C@@]1(C)C2(C)C.C=C(C)C(=O)Oc1ccccc1. The molecular weight excluding hydrogens is 352 g/mol. The highest BCUT2D eigenvalue weighted by Crippen LogP contribution is 2.66. The van der Waals surface area contributed by atoms with Crippen LogP contribution in [0.2, 0.25) is 0 Å². The summed E-state index contributed by atoms with van der Waals surface area (Å²) >= 11 is 0. The fourth-order valence-corrected chi connectivity index (χ4v) is 4.22. The van der Waals surface area contributed by atoms with Crippen molar-refractivity contribution >= 4 is 11.9 Å². The highest BCUT2D eigenvalue weighted by atomic mass is 16.5. The second-order valence-electron chi connectivity index (χ2n) is 8.77. The van der Waals surface area contributed by atoms with Gasteiger partial charge in [-0.25, -0.2) is 9.59 Å². The normalized spacial score (nSPS) is 26.6. The van der Waals surface area contributed by atoms with Crippen molar-refractivity contribution in [3.8, 4) is 5.75 Å². The molecule has 0 heterocycles. The second kappa shape index (κ2) is 8.34. The first-order valence-electron chi connectivity index (χ1n) is 9.78. The minimum atomic E-state index is -0.388. The molecule has 3 rings (SSSR count). The van der Waals surface area contributed by atoms with E-state index < -0.39 is 0 Å². The third-order valence-corrected chi connectivity index (χ3v) is 6.61. The van der Waals surface area contributed by atoms with E-state index >= 15 is 0 Å². The van der Waals surface area contributed by atoms with Crippen molar-refractivity contribution < 1.29 is 19.1 Å². The summed E-state index contributed by atoms with van der Waals surface area (Å²) in [5, 5.41) is 0. The number of rotatable bonds is 4. The molecule has 1 unspecified atom stereocenters. The molecule has 2 fully saturated rings. The number of fused-ring (bicyclic) bond motifs is 2. The van der Waals surface area contributed by atoms with E-state index in [0.29, 0.717) is 28.2 Å². The van der Waals surface area contributed by atoms with Crippen molar-refractivity contribution in [2.24, 2.45) is 16.7 Å². The molecule has 0 N–H and O–H groups in total. The molecule has 28 heavy (non-hydrogen) atoms. The van der Waals surface area contributed by atoms with Gasteiger partial charge in [0.05, 0.1) is 0 Å². The first kappa shape index (κ1) is 21.9. The van der Waals surface area contributed by atoms with Gasteiger partial charge in [0.15, 0.2) is 0 Å². The van der Waals surface area contributed by atoms with Gasteiger partial charge < -0.3 is 9.47 Å². The van der Waals surface area contributed by atoms with Gasteiger partial charge in [-0.3, -0.25) is 0 Å². The summed E-state index contributed by atoms with van der Waals surface area (Å²) in [4.78, 5) is 22.6. The van der Waals surface area contributed by atoms with Crippen LogP contribution < -0.4 is 4.74 Å². The van der Waals surface area contributed by atoms with Crippen molar-refractivity contribution in [2.45, 2.75) is 60.0 Å². The molecule has 0 saturated heterocycles. The molecule has 2 bridgehead atoms. The highest BCUT2D eigenvalue weighted by molar-refractivity contribution is 5.88. The average Bonchev–Trinajstić information content (AvgIpc) is 2.96. The number of carbonyl (C=O) groups is 2. The summed E-state index contributed by atoms with van der Waals surface area (Å²) < 4.78 is 10.5. The fraction of sp³-hybridized carbons (Fsp3) is 0.500. The molecule has 1 aromatic carbocycles. The van der Waals surface area contributed by atoms with Gasteiger partial charge >= 0.3 is 11.9 Å². The van der Waals surface area contributed by atoms with Gasteiger partial charge in [0.2, 0.25) is 0 Å². The number of esters is 2. The monoisotopic (exact) mass is 384 g/mol. The van der Waals surface area contributed by atoms with Crippen LogP contribution in [0.15, 0.2) is 54.6 Å². The number of benzene rings is 1. The second-order valence-corrected chi connectivity index (χ2v) is 8.77. The summed E-state index contributed by atoms with van der Waals surface area (Å²) in [5.41, 5.74) is 1.36. The Morgan fingerprint density at radius 1 is 1.00 bits per heavy atom. The van der Waals surface area contributed by atoms with Crippen LogP contribution in [0.4, 0.5) is 0 Å². The van der Waals surface area contributed by atoms with E-state index in [4.69, 9.17) is 9.47 Å². The quantitative estimate of drug-likeness (QED) is 0.391. The third-order valence-electron chi connectivity index (χ3n) is 6.61. The molecule has 0 aliphatic heterocycles. The lowest BCUT2D eigenvalue weighted by atomic mass is 9.70. The number of hydrogen-bond acceptors (Lipinski definition) is 4. The third kappa shape index (κ3) is 4.37.